The third kappa shape index (κ3) is 3.65. The summed E-state index contributed by atoms with van der Waals surface area (Å²) >= 11 is 11.9. The van der Waals surface area contributed by atoms with Crippen molar-refractivity contribution in [2.24, 2.45) is 11.8 Å². The number of likely N-dealkylation sites (tertiary alicyclic amines) is 1. The summed E-state index contributed by atoms with van der Waals surface area (Å²) < 4.78 is 0. The first-order valence-electron chi connectivity index (χ1n) is 7.10. The number of halogens is 3. The second-order valence-electron chi connectivity index (χ2n) is 5.68. The maximum absolute atomic E-state index is 12.5. The van der Waals surface area contributed by atoms with Gasteiger partial charge in [-0.2, -0.15) is 0 Å². The van der Waals surface area contributed by atoms with Crippen LogP contribution in [0.5, 0.6) is 0 Å². The predicted octanol–water partition coefficient (Wildman–Crippen LogP) is 3.49. The maximum Gasteiger partial charge on any atom is 0.253 e. The molecular weight excluding hydrogens is 331 g/mol. The molecule has 0 spiro atoms. The monoisotopic (exact) mass is 348 g/mol. The quantitative estimate of drug-likeness (QED) is 0.842. The first-order chi connectivity index (χ1) is 9.65. The van der Waals surface area contributed by atoms with Gasteiger partial charge in [0.25, 0.3) is 5.91 Å². The fourth-order valence-electron chi connectivity index (χ4n) is 3.23. The minimum atomic E-state index is 0. The summed E-state index contributed by atoms with van der Waals surface area (Å²) in [5.41, 5.74) is 0.629. The van der Waals surface area contributed by atoms with Crippen LogP contribution in [0.4, 0.5) is 0 Å². The molecule has 0 saturated carbocycles. The molecule has 3 nitrogen and oxygen atoms in total. The van der Waals surface area contributed by atoms with Gasteiger partial charge in [-0.1, -0.05) is 23.2 Å². The van der Waals surface area contributed by atoms with Crippen LogP contribution < -0.4 is 5.32 Å². The Morgan fingerprint density at radius 2 is 1.71 bits per heavy atom. The molecule has 1 aromatic carbocycles. The lowest BCUT2D eigenvalue weighted by molar-refractivity contribution is 0.0758. The second-order valence-corrected chi connectivity index (χ2v) is 6.49. The smallest absolute Gasteiger partial charge is 0.253 e. The van der Waals surface area contributed by atoms with Crippen molar-refractivity contribution in [1.82, 2.24) is 10.2 Å². The molecule has 0 bridgehead atoms. The van der Waals surface area contributed by atoms with Gasteiger partial charge >= 0.3 is 0 Å². The van der Waals surface area contributed by atoms with Crippen LogP contribution in [0.2, 0.25) is 10.0 Å². The minimum Gasteiger partial charge on any atom is -0.339 e. The number of nitrogens with zero attached hydrogens (tertiary/aromatic N) is 1. The molecule has 2 saturated heterocycles. The highest BCUT2D eigenvalue weighted by Gasteiger charge is 2.31. The predicted molar refractivity (Wildman–Crippen MR) is 88.7 cm³/mol. The zero-order valence-electron chi connectivity index (χ0n) is 11.6. The molecule has 21 heavy (non-hydrogen) atoms. The highest BCUT2D eigenvalue weighted by atomic mass is 35.5. The van der Waals surface area contributed by atoms with Crippen molar-refractivity contribution in [1.29, 1.82) is 0 Å². The molecule has 2 fully saturated rings. The van der Waals surface area contributed by atoms with Gasteiger partial charge in [0, 0.05) is 18.7 Å². The Labute approximate surface area is 141 Å². The summed E-state index contributed by atoms with van der Waals surface area (Å²) in [5, 5.41) is 4.37. The molecule has 1 amide bonds. The zero-order valence-corrected chi connectivity index (χ0v) is 14.0. The summed E-state index contributed by atoms with van der Waals surface area (Å²) in [6.45, 7) is 3.86. The first-order valence-corrected chi connectivity index (χ1v) is 7.86. The van der Waals surface area contributed by atoms with Crippen LogP contribution >= 0.6 is 35.6 Å². The molecule has 3 rings (SSSR count). The van der Waals surface area contributed by atoms with E-state index >= 15 is 0 Å². The molecule has 2 atom stereocenters. The van der Waals surface area contributed by atoms with Crippen molar-refractivity contribution in [2.75, 3.05) is 26.2 Å². The van der Waals surface area contributed by atoms with Gasteiger partial charge < -0.3 is 10.2 Å². The Kier molecular flexibility index (Phi) is 5.78. The number of nitrogens with one attached hydrogen (secondary N) is 1. The van der Waals surface area contributed by atoms with Crippen molar-refractivity contribution in [3.63, 3.8) is 0 Å². The van der Waals surface area contributed by atoms with Gasteiger partial charge in [-0.15, -0.1) is 12.4 Å². The Morgan fingerprint density at radius 1 is 1.10 bits per heavy atom. The normalized spacial score (nSPS) is 25.0. The number of carbonyl (C=O) groups excluding carboxylic acids is 1. The zero-order chi connectivity index (χ0) is 14.1. The van der Waals surface area contributed by atoms with Crippen LogP contribution in [0.15, 0.2) is 18.2 Å². The topological polar surface area (TPSA) is 32.3 Å². The maximum atomic E-state index is 12.5. The molecule has 1 N–H and O–H groups in total. The Morgan fingerprint density at radius 3 is 2.29 bits per heavy atom. The number of rotatable bonds is 1. The number of hydrogen-bond donors (Lipinski definition) is 1. The largest absolute Gasteiger partial charge is 0.339 e. The summed E-state index contributed by atoms with van der Waals surface area (Å²) in [6.07, 6.45) is 2.18. The molecule has 116 valence electrons. The average molecular weight is 350 g/mol. The molecule has 1 aromatic rings. The molecule has 2 heterocycles. The number of fused-ring (bicyclic) bond motifs is 1. The highest BCUT2D eigenvalue weighted by Crippen LogP contribution is 2.28. The highest BCUT2D eigenvalue weighted by molar-refractivity contribution is 6.42. The van der Waals surface area contributed by atoms with E-state index in [4.69, 9.17) is 23.2 Å². The second kappa shape index (κ2) is 7.19. The third-order valence-electron chi connectivity index (χ3n) is 4.47. The molecule has 0 aliphatic carbocycles. The van der Waals surface area contributed by atoms with Crippen molar-refractivity contribution in [2.45, 2.75) is 12.8 Å². The van der Waals surface area contributed by atoms with E-state index in [9.17, 15) is 4.79 Å². The third-order valence-corrected chi connectivity index (χ3v) is 5.21. The van der Waals surface area contributed by atoms with Crippen LogP contribution in [0.25, 0.3) is 0 Å². The summed E-state index contributed by atoms with van der Waals surface area (Å²) in [7, 11) is 0. The number of benzene rings is 1. The van der Waals surface area contributed by atoms with E-state index in [-0.39, 0.29) is 18.3 Å². The molecule has 0 radical (unpaired) electrons. The SMILES string of the molecule is Cl.O=C(c1ccc(Cl)c(Cl)c1)N1CC[C@@H]2CNC[C@@H]2CC1. The Balaban J connectivity index is 0.00000161. The van der Waals surface area contributed by atoms with Gasteiger partial charge in [0.05, 0.1) is 10.0 Å². The van der Waals surface area contributed by atoms with Gasteiger partial charge in [-0.3, -0.25) is 4.79 Å². The van der Waals surface area contributed by atoms with E-state index in [1.54, 1.807) is 18.2 Å². The standard InChI is InChI=1S/C15H18Cl2N2O.ClH/c16-13-2-1-10(7-14(13)17)15(20)19-5-3-11-8-18-9-12(11)4-6-19;/h1-2,7,11-12,18H,3-6,8-9H2;1H/t11-,12+;. The van der Waals surface area contributed by atoms with Crippen LogP contribution in [0.1, 0.15) is 23.2 Å². The van der Waals surface area contributed by atoms with Crippen molar-refractivity contribution >= 4 is 41.5 Å². The van der Waals surface area contributed by atoms with E-state index in [1.807, 2.05) is 4.90 Å². The molecule has 0 unspecified atom stereocenters. The summed E-state index contributed by atoms with van der Waals surface area (Å²) in [4.78, 5) is 14.5. The summed E-state index contributed by atoms with van der Waals surface area (Å²) in [6, 6.07) is 5.11. The minimum absolute atomic E-state index is 0. The lowest BCUT2D eigenvalue weighted by Gasteiger charge is -2.21. The lowest BCUT2D eigenvalue weighted by Crippen LogP contribution is -2.32. The van der Waals surface area contributed by atoms with Crippen molar-refractivity contribution in [3.05, 3.63) is 33.8 Å². The lowest BCUT2D eigenvalue weighted by atomic mass is 9.92. The van der Waals surface area contributed by atoms with Crippen LogP contribution in [-0.2, 0) is 0 Å². The Bertz CT molecular complexity index is 510. The fraction of sp³-hybridized carbons (Fsp3) is 0.533. The van der Waals surface area contributed by atoms with Crippen molar-refractivity contribution in [3.8, 4) is 0 Å². The molecule has 2 aliphatic rings. The van der Waals surface area contributed by atoms with Gasteiger partial charge in [-0.25, -0.2) is 0 Å². The van der Waals surface area contributed by atoms with Crippen LogP contribution in [-0.4, -0.2) is 37.0 Å². The van der Waals surface area contributed by atoms with E-state index < -0.39 is 0 Å². The molecule has 0 aromatic heterocycles. The van der Waals surface area contributed by atoms with Crippen molar-refractivity contribution < 1.29 is 4.79 Å². The van der Waals surface area contributed by atoms with E-state index in [1.165, 1.54) is 0 Å². The average Bonchev–Trinajstić information content (AvgIpc) is 2.80. The molecule has 6 heteroatoms. The summed E-state index contributed by atoms with van der Waals surface area (Å²) in [5.74, 6) is 1.51. The fourth-order valence-corrected chi connectivity index (χ4v) is 3.53. The van der Waals surface area contributed by atoms with E-state index in [0.29, 0.717) is 15.6 Å². The number of carbonyl (C=O) groups is 1. The molecule has 2 aliphatic heterocycles. The number of amides is 1. The first kappa shape index (κ1) is 16.9. The van der Waals surface area contributed by atoms with Gasteiger partial charge in [0.1, 0.15) is 0 Å². The van der Waals surface area contributed by atoms with Crippen LogP contribution in [0.3, 0.4) is 0 Å². The Hall–Kier alpha value is -0.480. The van der Waals surface area contributed by atoms with Crippen LogP contribution in [0, 0.1) is 11.8 Å². The molecular formula is C15H19Cl3N2O. The van der Waals surface area contributed by atoms with E-state index in [0.717, 1.165) is 50.9 Å². The number of hydrogen-bond acceptors (Lipinski definition) is 2. The van der Waals surface area contributed by atoms with Gasteiger partial charge in [0.15, 0.2) is 0 Å². The van der Waals surface area contributed by atoms with E-state index in [2.05, 4.69) is 5.32 Å². The van der Waals surface area contributed by atoms with Gasteiger partial charge in [0.2, 0.25) is 0 Å². The van der Waals surface area contributed by atoms with Gasteiger partial charge in [-0.05, 0) is 56.0 Å².